The number of rotatable bonds is 3. The summed E-state index contributed by atoms with van der Waals surface area (Å²) in [5, 5.41) is 9.05. The normalized spacial score (nSPS) is 18.8. The third kappa shape index (κ3) is 2.46. The second-order valence-electron chi connectivity index (χ2n) is 4.68. The lowest BCUT2D eigenvalue weighted by atomic mass is 9.86. The van der Waals surface area contributed by atoms with Crippen LogP contribution < -0.4 is 0 Å². The maximum atomic E-state index is 11.0. The van der Waals surface area contributed by atoms with Gasteiger partial charge in [-0.25, -0.2) is 9.97 Å². The summed E-state index contributed by atoms with van der Waals surface area (Å²) in [7, 11) is 0. The Hall–Kier alpha value is -1.45. The highest BCUT2D eigenvalue weighted by molar-refractivity contribution is 5.71. The Morgan fingerprint density at radius 3 is 2.88 bits per heavy atom. The van der Waals surface area contributed by atoms with Crippen LogP contribution in [-0.4, -0.2) is 21.0 Å². The summed E-state index contributed by atoms with van der Waals surface area (Å²) in [5.74, 6) is -0.0629. The molecule has 0 radical (unpaired) electrons. The van der Waals surface area contributed by atoms with E-state index in [-0.39, 0.29) is 5.92 Å². The van der Waals surface area contributed by atoms with Crippen LogP contribution >= 0.6 is 0 Å². The number of aromatic nitrogens is 2. The van der Waals surface area contributed by atoms with Crippen molar-refractivity contribution in [2.24, 2.45) is 5.92 Å². The fourth-order valence-corrected chi connectivity index (χ4v) is 2.40. The fraction of sp³-hybridized carbons (Fsp3) is 0.615. The molecule has 1 aliphatic carbocycles. The van der Waals surface area contributed by atoms with Gasteiger partial charge >= 0.3 is 5.97 Å². The van der Waals surface area contributed by atoms with Crippen LogP contribution in [0.25, 0.3) is 0 Å². The van der Waals surface area contributed by atoms with Crippen molar-refractivity contribution in [1.29, 1.82) is 0 Å². The Kier molecular flexibility index (Phi) is 3.41. The van der Waals surface area contributed by atoms with E-state index in [9.17, 15) is 4.79 Å². The van der Waals surface area contributed by atoms with E-state index >= 15 is 0 Å². The number of hydrogen-bond donors (Lipinski definition) is 1. The number of carboxylic acid groups (broad SMARTS) is 1. The minimum Gasteiger partial charge on any atom is -0.481 e. The minimum absolute atomic E-state index is 0.262. The molecule has 0 aromatic carbocycles. The summed E-state index contributed by atoms with van der Waals surface area (Å²) in [6.45, 7) is 4.07. The molecule has 4 nitrogen and oxygen atoms in total. The maximum absolute atomic E-state index is 11.0. The number of carboxylic acids is 1. The number of aliphatic carboxylic acids is 1. The van der Waals surface area contributed by atoms with Crippen LogP contribution in [0.4, 0.5) is 0 Å². The summed E-state index contributed by atoms with van der Waals surface area (Å²) in [6, 6.07) is 0. The van der Waals surface area contributed by atoms with Gasteiger partial charge in [-0.05, 0) is 38.2 Å². The second kappa shape index (κ2) is 4.82. The van der Waals surface area contributed by atoms with Crippen LogP contribution in [0, 0.1) is 12.8 Å². The van der Waals surface area contributed by atoms with Gasteiger partial charge in [0.25, 0.3) is 0 Å². The number of aryl methyl sites for hydroxylation is 3. The first kappa shape index (κ1) is 12.0. The SMILES string of the molecule is CCCc1nc(C)c2c(n1)CCC(C(=O)O)C2. The molecule has 92 valence electrons. The van der Waals surface area contributed by atoms with E-state index in [0.717, 1.165) is 42.0 Å². The molecule has 4 heteroatoms. The number of hydrogen-bond acceptors (Lipinski definition) is 3. The molecule has 1 N–H and O–H groups in total. The first-order valence-corrected chi connectivity index (χ1v) is 6.20. The molecule has 0 fully saturated rings. The van der Waals surface area contributed by atoms with E-state index in [1.807, 2.05) is 6.92 Å². The van der Waals surface area contributed by atoms with E-state index < -0.39 is 5.97 Å². The van der Waals surface area contributed by atoms with Gasteiger partial charge in [0.2, 0.25) is 0 Å². The van der Waals surface area contributed by atoms with E-state index in [1.54, 1.807) is 0 Å². The maximum Gasteiger partial charge on any atom is 0.306 e. The third-order valence-electron chi connectivity index (χ3n) is 3.35. The highest BCUT2D eigenvalue weighted by Gasteiger charge is 2.26. The predicted octanol–water partition coefficient (Wildman–Crippen LogP) is 1.93. The zero-order chi connectivity index (χ0) is 12.4. The Morgan fingerprint density at radius 2 is 2.24 bits per heavy atom. The summed E-state index contributed by atoms with van der Waals surface area (Å²) >= 11 is 0. The van der Waals surface area contributed by atoms with Crippen molar-refractivity contribution in [3.63, 3.8) is 0 Å². The van der Waals surface area contributed by atoms with Crippen molar-refractivity contribution >= 4 is 5.97 Å². The third-order valence-corrected chi connectivity index (χ3v) is 3.35. The molecule has 1 heterocycles. The quantitative estimate of drug-likeness (QED) is 0.868. The highest BCUT2D eigenvalue weighted by atomic mass is 16.4. The largest absolute Gasteiger partial charge is 0.481 e. The van der Waals surface area contributed by atoms with E-state index in [2.05, 4.69) is 16.9 Å². The van der Waals surface area contributed by atoms with Crippen molar-refractivity contribution in [1.82, 2.24) is 9.97 Å². The van der Waals surface area contributed by atoms with E-state index in [1.165, 1.54) is 0 Å². The minimum atomic E-state index is -0.701. The summed E-state index contributed by atoms with van der Waals surface area (Å²) in [4.78, 5) is 20.0. The van der Waals surface area contributed by atoms with Crippen molar-refractivity contribution < 1.29 is 9.90 Å². The van der Waals surface area contributed by atoms with Crippen molar-refractivity contribution in [2.45, 2.75) is 46.0 Å². The summed E-state index contributed by atoms with van der Waals surface area (Å²) < 4.78 is 0. The molecule has 0 aliphatic heterocycles. The Bertz CT molecular complexity index is 443. The number of carbonyl (C=O) groups is 1. The van der Waals surface area contributed by atoms with E-state index in [0.29, 0.717) is 12.8 Å². The second-order valence-corrected chi connectivity index (χ2v) is 4.68. The van der Waals surface area contributed by atoms with Gasteiger partial charge in [0, 0.05) is 17.8 Å². The van der Waals surface area contributed by atoms with Crippen LogP contribution in [-0.2, 0) is 24.1 Å². The van der Waals surface area contributed by atoms with Gasteiger partial charge in [-0.3, -0.25) is 4.79 Å². The van der Waals surface area contributed by atoms with Gasteiger partial charge in [-0.1, -0.05) is 6.92 Å². The van der Waals surface area contributed by atoms with Crippen molar-refractivity contribution in [3.8, 4) is 0 Å². The van der Waals surface area contributed by atoms with Gasteiger partial charge in [0.1, 0.15) is 5.82 Å². The van der Waals surface area contributed by atoms with Crippen molar-refractivity contribution in [3.05, 3.63) is 22.8 Å². The molecule has 1 unspecified atom stereocenters. The molecule has 1 aromatic heterocycles. The monoisotopic (exact) mass is 234 g/mol. The standard InChI is InChI=1S/C13H18N2O2/c1-3-4-12-14-8(2)10-7-9(13(16)17)5-6-11(10)15-12/h9H,3-7H2,1-2H3,(H,16,17). The lowest BCUT2D eigenvalue weighted by molar-refractivity contribution is -0.142. The Labute approximate surface area is 101 Å². The highest BCUT2D eigenvalue weighted by Crippen LogP contribution is 2.26. The average molecular weight is 234 g/mol. The summed E-state index contributed by atoms with van der Waals surface area (Å²) in [6.07, 6.45) is 3.99. The van der Waals surface area contributed by atoms with Crippen LogP contribution in [0.3, 0.4) is 0 Å². The Morgan fingerprint density at radius 1 is 1.47 bits per heavy atom. The molecule has 17 heavy (non-hydrogen) atoms. The number of nitrogens with zero attached hydrogens (tertiary/aromatic N) is 2. The molecule has 2 rings (SSSR count). The smallest absolute Gasteiger partial charge is 0.306 e. The zero-order valence-corrected chi connectivity index (χ0v) is 10.4. The van der Waals surface area contributed by atoms with Gasteiger partial charge in [0.15, 0.2) is 0 Å². The molecule has 1 aliphatic rings. The lowest BCUT2D eigenvalue weighted by Crippen LogP contribution is -2.24. The summed E-state index contributed by atoms with van der Waals surface area (Å²) in [5.41, 5.74) is 3.09. The van der Waals surface area contributed by atoms with E-state index in [4.69, 9.17) is 5.11 Å². The zero-order valence-electron chi connectivity index (χ0n) is 10.4. The molecule has 0 amide bonds. The van der Waals surface area contributed by atoms with Gasteiger partial charge in [-0.15, -0.1) is 0 Å². The Balaban J connectivity index is 2.30. The predicted molar refractivity (Wildman–Crippen MR) is 63.9 cm³/mol. The van der Waals surface area contributed by atoms with Crippen LogP contribution in [0.15, 0.2) is 0 Å². The van der Waals surface area contributed by atoms with Crippen LogP contribution in [0.2, 0.25) is 0 Å². The molecule has 0 saturated heterocycles. The fourth-order valence-electron chi connectivity index (χ4n) is 2.40. The average Bonchev–Trinajstić information content (AvgIpc) is 2.29. The first-order valence-electron chi connectivity index (χ1n) is 6.20. The molecule has 0 bridgehead atoms. The molecular weight excluding hydrogens is 216 g/mol. The van der Waals surface area contributed by atoms with Gasteiger partial charge < -0.3 is 5.11 Å². The van der Waals surface area contributed by atoms with Crippen LogP contribution in [0.5, 0.6) is 0 Å². The topological polar surface area (TPSA) is 63.1 Å². The number of fused-ring (bicyclic) bond motifs is 1. The molecule has 1 atom stereocenters. The molecule has 0 spiro atoms. The molecule has 0 saturated carbocycles. The van der Waals surface area contributed by atoms with Gasteiger partial charge in [0.05, 0.1) is 5.92 Å². The molecular formula is C13H18N2O2. The van der Waals surface area contributed by atoms with Crippen LogP contribution in [0.1, 0.15) is 42.5 Å². The first-order chi connectivity index (χ1) is 8.11. The lowest BCUT2D eigenvalue weighted by Gasteiger charge is -2.22. The molecule has 1 aromatic rings. The van der Waals surface area contributed by atoms with Gasteiger partial charge in [-0.2, -0.15) is 0 Å². The van der Waals surface area contributed by atoms with Crippen molar-refractivity contribution in [2.75, 3.05) is 0 Å².